The van der Waals surface area contributed by atoms with Crippen LogP contribution in [0.4, 0.5) is 8.78 Å². The van der Waals surface area contributed by atoms with Gasteiger partial charge >= 0.3 is 0 Å². The summed E-state index contributed by atoms with van der Waals surface area (Å²) < 4.78 is 26.6. The maximum Gasteiger partial charge on any atom is 0.258 e. The second kappa shape index (κ2) is 8.62. The molecule has 116 valence electrons. The van der Waals surface area contributed by atoms with Crippen LogP contribution in [0.2, 0.25) is 0 Å². The number of alkyl halides is 2. The third-order valence-electron chi connectivity index (χ3n) is 3.37. The molecule has 1 heterocycles. The van der Waals surface area contributed by atoms with Gasteiger partial charge in [0.2, 0.25) is 0 Å². The average molecular weight is 329 g/mol. The zero-order valence-corrected chi connectivity index (χ0v) is 12.8. The van der Waals surface area contributed by atoms with Gasteiger partial charge in [-0.25, -0.2) is 8.78 Å². The van der Waals surface area contributed by atoms with Crippen LogP contribution in [0.15, 0.2) is 18.2 Å². The Hall–Kier alpha value is -0.620. The Labute approximate surface area is 130 Å². The molecule has 0 unspecified atom stereocenters. The van der Waals surface area contributed by atoms with Crippen LogP contribution in [-0.2, 0) is 0 Å². The van der Waals surface area contributed by atoms with Gasteiger partial charge in [0.1, 0.15) is 5.75 Å². The van der Waals surface area contributed by atoms with Gasteiger partial charge in [-0.3, -0.25) is 4.90 Å². The van der Waals surface area contributed by atoms with E-state index in [1.54, 1.807) is 30.0 Å². The van der Waals surface area contributed by atoms with Gasteiger partial charge in [0.25, 0.3) is 6.43 Å². The second-order valence-corrected chi connectivity index (χ2v) is 4.58. The standard InChI is InChI=1S/C13H18F2N2O.2ClH/c1-9-3-2-4-10(12(9)18)11(13(14)15)17-7-5-16-6-8-17;;/h2-4,11,13,16,18H,5-8H2,1H3;2*1H/t11-;;/m0../s1. The van der Waals surface area contributed by atoms with Crippen molar-refractivity contribution in [1.29, 1.82) is 0 Å². The average Bonchev–Trinajstić information content (AvgIpc) is 2.36. The molecule has 7 heteroatoms. The first-order chi connectivity index (χ1) is 8.61. The molecule has 0 bridgehead atoms. The predicted octanol–water partition coefficient (Wildman–Crippen LogP) is 2.76. The highest BCUT2D eigenvalue weighted by molar-refractivity contribution is 5.85. The molecular weight excluding hydrogens is 309 g/mol. The normalized spacial score (nSPS) is 17.2. The monoisotopic (exact) mass is 328 g/mol. The fourth-order valence-electron chi connectivity index (χ4n) is 2.37. The van der Waals surface area contributed by atoms with E-state index in [0.29, 0.717) is 37.3 Å². The lowest BCUT2D eigenvalue weighted by atomic mass is 10.0. The molecule has 2 rings (SSSR count). The van der Waals surface area contributed by atoms with Crippen LogP contribution < -0.4 is 5.32 Å². The highest BCUT2D eigenvalue weighted by Gasteiger charge is 2.32. The summed E-state index contributed by atoms with van der Waals surface area (Å²) >= 11 is 0. The smallest absolute Gasteiger partial charge is 0.258 e. The maximum atomic E-state index is 13.3. The summed E-state index contributed by atoms with van der Waals surface area (Å²) in [5, 5.41) is 13.1. The van der Waals surface area contributed by atoms with Crippen molar-refractivity contribution in [1.82, 2.24) is 10.2 Å². The largest absolute Gasteiger partial charge is 0.507 e. The number of benzene rings is 1. The van der Waals surface area contributed by atoms with Crippen LogP contribution in [-0.4, -0.2) is 42.6 Å². The van der Waals surface area contributed by atoms with Gasteiger partial charge in [-0.15, -0.1) is 24.8 Å². The van der Waals surface area contributed by atoms with Gasteiger partial charge < -0.3 is 10.4 Å². The number of piperazine rings is 1. The summed E-state index contributed by atoms with van der Waals surface area (Å²) in [6.07, 6.45) is -2.50. The molecule has 1 aliphatic heterocycles. The summed E-state index contributed by atoms with van der Waals surface area (Å²) in [6.45, 7) is 4.27. The van der Waals surface area contributed by atoms with Crippen molar-refractivity contribution < 1.29 is 13.9 Å². The van der Waals surface area contributed by atoms with Crippen molar-refractivity contribution in [3.63, 3.8) is 0 Å². The van der Waals surface area contributed by atoms with Crippen LogP contribution in [0.3, 0.4) is 0 Å². The topological polar surface area (TPSA) is 35.5 Å². The van der Waals surface area contributed by atoms with E-state index < -0.39 is 12.5 Å². The van der Waals surface area contributed by atoms with Crippen molar-refractivity contribution in [2.24, 2.45) is 0 Å². The number of phenols is 1. The molecule has 0 radical (unpaired) electrons. The van der Waals surface area contributed by atoms with Gasteiger partial charge in [0, 0.05) is 31.7 Å². The number of rotatable bonds is 3. The van der Waals surface area contributed by atoms with E-state index in [2.05, 4.69) is 5.32 Å². The molecule has 1 fully saturated rings. The molecule has 2 N–H and O–H groups in total. The molecule has 0 amide bonds. The number of aromatic hydroxyl groups is 1. The summed E-state index contributed by atoms with van der Waals surface area (Å²) in [6, 6.07) is 3.99. The van der Waals surface area contributed by atoms with Crippen LogP contribution in [0.1, 0.15) is 17.2 Å². The third-order valence-corrected chi connectivity index (χ3v) is 3.37. The Morgan fingerprint density at radius 1 is 1.20 bits per heavy atom. The minimum absolute atomic E-state index is 0. The van der Waals surface area contributed by atoms with Crippen LogP contribution in [0.25, 0.3) is 0 Å². The van der Waals surface area contributed by atoms with Crippen LogP contribution >= 0.6 is 24.8 Å². The number of phenolic OH excluding ortho intramolecular Hbond substituents is 1. The van der Waals surface area contributed by atoms with E-state index in [0.717, 1.165) is 0 Å². The molecule has 1 aromatic carbocycles. The zero-order chi connectivity index (χ0) is 13.1. The Bertz CT molecular complexity index is 415. The van der Waals surface area contributed by atoms with Gasteiger partial charge in [0.05, 0.1) is 6.04 Å². The summed E-state index contributed by atoms with van der Waals surface area (Å²) in [5.41, 5.74) is 0.959. The molecule has 0 saturated carbocycles. The van der Waals surface area contributed by atoms with Gasteiger partial charge in [-0.1, -0.05) is 18.2 Å². The molecule has 20 heavy (non-hydrogen) atoms. The Balaban J connectivity index is 0.00000180. The predicted molar refractivity (Wildman–Crippen MR) is 80.5 cm³/mol. The van der Waals surface area contributed by atoms with Crippen molar-refractivity contribution in [2.75, 3.05) is 26.2 Å². The summed E-state index contributed by atoms with van der Waals surface area (Å²) in [5.74, 6) is -0.0127. The molecule has 0 aliphatic carbocycles. The number of nitrogens with one attached hydrogen (secondary N) is 1. The van der Waals surface area contributed by atoms with Gasteiger partial charge in [-0.2, -0.15) is 0 Å². The highest BCUT2D eigenvalue weighted by atomic mass is 35.5. The first-order valence-electron chi connectivity index (χ1n) is 6.12. The first-order valence-corrected chi connectivity index (χ1v) is 6.12. The number of para-hydroxylation sites is 1. The number of nitrogens with zero attached hydrogens (tertiary/aromatic N) is 1. The number of halogens is 4. The molecule has 3 nitrogen and oxygen atoms in total. The maximum absolute atomic E-state index is 13.3. The molecule has 1 aliphatic rings. The minimum atomic E-state index is -2.50. The van der Waals surface area contributed by atoms with Gasteiger partial charge in [0.15, 0.2) is 0 Å². The Kier molecular flexibility index (Phi) is 8.35. The van der Waals surface area contributed by atoms with Crippen molar-refractivity contribution in [2.45, 2.75) is 19.4 Å². The van der Waals surface area contributed by atoms with Crippen molar-refractivity contribution >= 4 is 24.8 Å². The molecular formula is C13H20Cl2F2N2O. The lowest BCUT2D eigenvalue weighted by molar-refractivity contribution is 0.0170. The molecule has 0 aromatic heterocycles. The van der Waals surface area contributed by atoms with Crippen LogP contribution in [0.5, 0.6) is 5.75 Å². The highest BCUT2D eigenvalue weighted by Crippen LogP contribution is 2.35. The molecule has 1 saturated heterocycles. The van der Waals surface area contributed by atoms with E-state index in [-0.39, 0.29) is 30.6 Å². The Morgan fingerprint density at radius 3 is 2.35 bits per heavy atom. The van der Waals surface area contributed by atoms with E-state index in [9.17, 15) is 13.9 Å². The number of aryl methyl sites for hydroxylation is 1. The zero-order valence-electron chi connectivity index (χ0n) is 11.2. The van der Waals surface area contributed by atoms with Crippen molar-refractivity contribution in [3.8, 4) is 5.75 Å². The van der Waals surface area contributed by atoms with Crippen LogP contribution in [0, 0.1) is 6.92 Å². The van der Waals surface area contributed by atoms with E-state index in [1.807, 2.05) is 0 Å². The quantitative estimate of drug-likeness (QED) is 0.895. The van der Waals surface area contributed by atoms with E-state index in [1.165, 1.54) is 0 Å². The first kappa shape index (κ1) is 19.4. The Morgan fingerprint density at radius 2 is 1.80 bits per heavy atom. The summed E-state index contributed by atoms with van der Waals surface area (Å²) in [7, 11) is 0. The minimum Gasteiger partial charge on any atom is -0.507 e. The van der Waals surface area contributed by atoms with Crippen molar-refractivity contribution in [3.05, 3.63) is 29.3 Å². The number of hydrogen-bond acceptors (Lipinski definition) is 3. The van der Waals surface area contributed by atoms with E-state index >= 15 is 0 Å². The fourth-order valence-corrected chi connectivity index (χ4v) is 2.37. The molecule has 1 aromatic rings. The number of hydrogen-bond donors (Lipinski definition) is 2. The lowest BCUT2D eigenvalue weighted by Gasteiger charge is -2.35. The summed E-state index contributed by atoms with van der Waals surface area (Å²) in [4.78, 5) is 1.73. The van der Waals surface area contributed by atoms with E-state index in [4.69, 9.17) is 0 Å². The fraction of sp³-hybridized carbons (Fsp3) is 0.538. The third kappa shape index (κ3) is 4.19. The lowest BCUT2D eigenvalue weighted by Crippen LogP contribution is -2.46. The second-order valence-electron chi connectivity index (χ2n) is 4.58. The van der Waals surface area contributed by atoms with Gasteiger partial charge in [-0.05, 0) is 12.5 Å². The SMILES string of the molecule is Cc1cccc([C@@H](C(F)F)N2CCNCC2)c1O.Cl.Cl. The molecule has 0 spiro atoms. The molecule has 1 atom stereocenters.